The second-order valence-corrected chi connectivity index (χ2v) is 11.6. The average Bonchev–Trinajstić information content (AvgIpc) is 2.79. The van der Waals surface area contributed by atoms with Gasteiger partial charge in [0.1, 0.15) is 17.6 Å². The molecule has 0 aromatic heterocycles. The summed E-state index contributed by atoms with van der Waals surface area (Å²) in [6, 6.07) is 12.0. The fourth-order valence-electron chi connectivity index (χ4n) is 3.62. The van der Waals surface area contributed by atoms with Gasteiger partial charge in [0.25, 0.3) is 0 Å². The van der Waals surface area contributed by atoms with E-state index in [2.05, 4.69) is 5.32 Å². The van der Waals surface area contributed by atoms with E-state index < -0.39 is 27.4 Å². The Morgan fingerprint density at radius 1 is 1.08 bits per heavy atom. The Kier molecular flexibility index (Phi) is 9.86. The molecular weight excluding hydrogens is 485 g/mol. The van der Waals surface area contributed by atoms with Gasteiger partial charge in [0.2, 0.25) is 21.8 Å². The number of hydrogen-bond acceptors (Lipinski definition) is 5. The van der Waals surface area contributed by atoms with Crippen LogP contribution in [0.1, 0.15) is 46.1 Å². The van der Waals surface area contributed by atoms with Crippen LogP contribution in [0.2, 0.25) is 0 Å². The minimum atomic E-state index is -3.77. The van der Waals surface area contributed by atoms with Crippen LogP contribution < -0.4 is 14.4 Å². The predicted octanol–water partition coefficient (Wildman–Crippen LogP) is 3.71. The van der Waals surface area contributed by atoms with Gasteiger partial charge in [-0.3, -0.25) is 13.9 Å². The molecule has 198 valence electrons. The number of rotatable bonds is 11. The molecule has 0 saturated heterocycles. The summed E-state index contributed by atoms with van der Waals surface area (Å²) in [6.07, 6.45) is 1.12. The Balaban J connectivity index is 2.20. The minimum absolute atomic E-state index is 0.0240. The number of nitrogens with one attached hydrogen (secondary N) is 1. The number of halogens is 1. The number of sulfonamides is 1. The largest absolute Gasteiger partial charge is 0.497 e. The standard InChI is InChI=1S/C26H36FN3O5S/c1-19(25(32)28-26(2,3)4)29(18-20-13-15-21(35-5)16-14-20)24(31)12-9-17-30(36(6,33)34)23-11-8-7-10-22(23)27/h7-8,10-11,13-16,19H,9,12,17-18H2,1-6H3,(H,28,32)/t19-/m0/s1. The number of carbonyl (C=O) groups excluding carboxylic acids is 2. The summed E-state index contributed by atoms with van der Waals surface area (Å²) >= 11 is 0. The van der Waals surface area contributed by atoms with Crippen molar-refractivity contribution in [3.8, 4) is 5.75 Å². The van der Waals surface area contributed by atoms with Gasteiger partial charge < -0.3 is 15.0 Å². The van der Waals surface area contributed by atoms with E-state index in [1.165, 1.54) is 23.1 Å². The molecule has 0 saturated carbocycles. The van der Waals surface area contributed by atoms with Crippen molar-refractivity contribution in [1.82, 2.24) is 10.2 Å². The lowest BCUT2D eigenvalue weighted by molar-refractivity contribution is -0.141. The number of carbonyl (C=O) groups is 2. The van der Waals surface area contributed by atoms with Crippen molar-refractivity contribution in [1.29, 1.82) is 0 Å². The minimum Gasteiger partial charge on any atom is -0.497 e. The molecule has 0 aliphatic carbocycles. The first-order valence-electron chi connectivity index (χ1n) is 11.7. The monoisotopic (exact) mass is 521 g/mol. The first kappa shape index (κ1) is 29.1. The number of amides is 2. The molecule has 0 unspecified atom stereocenters. The average molecular weight is 522 g/mol. The highest BCUT2D eigenvalue weighted by Crippen LogP contribution is 2.22. The Labute approximate surface area is 213 Å². The van der Waals surface area contributed by atoms with E-state index >= 15 is 0 Å². The molecule has 2 amide bonds. The van der Waals surface area contributed by atoms with Crippen LogP contribution in [0.5, 0.6) is 5.75 Å². The molecule has 0 aliphatic heterocycles. The molecule has 0 fully saturated rings. The molecule has 1 atom stereocenters. The van der Waals surface area contributed by atoms with Crippen molar-refractivity contribution in [2.45, 2.75) is 58.7 Å². The van der Waals surface area contributed by atoms with Crippen LogP contribution in [0.3, 0.4) is 0 Å². The van der Waals surface area contributed by atoms with E-state index in [1.54, 1.807) is 32.2 Å². The first-order chi connectivity index (χ1) is 16.7. The lowest BCUT2D eigenvalue weighted by Crippen LogP contribution is -2.52. The van der Waals surface area contributed by atoms with Crippen molar-refractivity contribution in [2.24, 2.45) is 0 Å². The third kappa shape index (κ3) is 8.51. The topological polar surface area (TPSA) is 96.0 Å². The van der Waals surface area contributed by atoms with Crippen LogP contribution >= 0.6 is 0 Å². The number of hydrogen-bond donors (Lipinski definition) is 1. The third-order valence-electron chi connectivity index (χ3n) is 5.45. The van der Waals surface area contributed by atoms with Crippen LogP contribution in [0.15, 0.2) is 48.5 Å². The first-order valence-corrected chi connectivity index (χ1v) is 13.5. The van der Waals surface area contributed by atoms with E-state index in [1.807, 2.05) is 32.9 Å². The SMILES string of the molecule is COc1ccc(CN(C(=O)CCCN(c2ccccc2F)S(C)(=O)=O)[C@@H](C)C(=O)NC(C)(C)C)cc1. The maximum Gasteiger partial charge on any atom is 0.242 e. The molecule has 36 heavy (non-hydrogen) atoms. The summed E-state index contributed by atoms with van der Waals surface area (Å²) < 4.78 is 45.1. The maximum absolute atomic E-state index is 14.3. The summed E-state index contributed by atoms with van der Waals surface area (Å²) in [6.45, 7) is 7.33. The zero-order valence-electron chi connectivity index (χ0n) is 21.7. The normalized spacial score (nSPS) is 12.5. The number of methoxy groups -OCH3 is 1. The lowest BCUT2D eigenvalue weighted by Gasteiger charge is -2.32. The molecule has 2 aromatic rings. The van der Waals surface area contributed by atoms with Gasteiger partial charge in [0.05, 0.1) is 19.1 Å². The summed E-state index contributed by atoms with van der Waals surface area (Å²) in [4.78, 5) is 27.6. The molecule has 0 bridgehead atoms. The molecular formula is C26H36FN3O5S. The zero-order valence-corrected chi connectivity index (χ0v) is 22.6. The summed E-state index contributed by atoms with van der Waals surface area (Å²) in [5, 5.41) is 2.90. The molecule has 0 spiro atoms. The Morgan fingerprint density at radius 2 is 1.69 bits per heavy atom. The Morgan fingerprint density at radius 3 is 2.22 bits per heavy atom. The van der Waals surface area contributed by atoms with Crippen LogP contribution in [-0.2, 0) is 26.2 Å². The fraction of sp³-hybridized carbons (Fsp3) is 0.462. The predicted molar refractivity (Wildman–Crippen MR) is 139 cm³/mol. The number of nitrogens with zero attached hydrogens (tertiary/aromatic N) is 2. The van der Waals surface area contributed by atoms with Gasteiger partial charge in [-0.25, -0.2) is 12.8 Å². The van der Waals surface area contributed by atoms with Gasteiger partial charge in [-0.15, -0.1) is 0 Å². The van der Waals surface area contributed by atoms with Crippen LogP contribution in [0.25, 0.3) is 0 Å². The highest BCUT2D eigenvalue weighted by molar-refractivity contribution is 7.92. The molecule has 2 aromatic carbocycles. The Hall–Kier alpha value is -3.14. The van der Waals surface area contributed by atoms with Gasteiger partial charge in [-0.2, -0.15) is 0 Å². The highest BCUT2D eigenvalue weighted by Gasteiger charge is 2.29. The third-order valence-corrected chi connectivity index (χ3v) is 6.63. The molecule has 0 radical (unpaired) electrons. The van der Waals surface area contributed by atoms with Gasteiger partial charge in [0.15, 0.2) is 0 Å². The second-order valence-electron chi connectivity index (χ2n) is 9.68. The number of para-hydroxylation sites is 1. The van der Waals surface area contributed by atoms with Gasteiger partial charge in [-0.05, 0) is 63.9 Å². The molecule has 0 aliphatic rings. The van der Waals surface area contributed by atoms with E-state index in [-0.39, 0.29) is 43.4 Å². The second kappa shape index (κ2) is 12.2. The molecule has 0 heterocycles. The van der Waals surface area contributed by atoms with Gasteiger partial charge in [-0.1, -0.05) is 24.3 Å². The fourth-order valence-corrected chi connectivity index (χ4v) is 4.59. The van der Waals surface area contributed by atoms with Gasteiger partial charge in [0, 0.05) is 25.0 Å². The van der Waals surface area contributed by atoms with Crippen molar-refractivity contribution in [3.63, 3.8) is 0 Å². The van der Waals surface area contributed by atoms with Crippen LogP contribution in [0, 0.1) is 5.82 Å². The van der Waals surface area contributed by atoms with E-state index in [0.717, 1.165) is 16.1 Å². The van der Waals surface area contributed by atoms with Crippen LogP contribution in [-0.4, -0.2) is 56.6 Å². The van der Waals surface area contributed by atoms with Crippen molar-refractivity contribution < 1.29 is 27.1 Å². The summed E-state index contributed by atoms with van der Waals surface area (Å²) in [7, 11) is -2.21. The van der Waals surface area contributed by atoms with Crippen molar-refractivity contribution in [2.75, 3.05) is 24.2 Å². The quantitative estimate of drug-likeness (QED) is 0.486. The molecule has 1 N–H and O–H groups in total. The van der Waals surface area contributed by atoms with E-state index in [9.17, 15) is 22.4 Å². The lowest BCUT2D eigenvalue weighted by atomic mass is 10.1. The van der Waals surface area contributed by atoms with Crippen molar-refractivity contribution >= 4 is 27.5 Å². The number of benzene rings is 2. The van der Waals surface area contributed by atoms with Crippen LogP contribution in [0.4, 0.5) is 10.1 Å². The number of anilines is 1. The van der Waals surface area contributed by atoms with E-state index in [4.69, 9.17) is 4.74 Å². The summed E-state index contributed by atoms with van der Waals surface area (Å²) in [5.74, 6) is -0.607. The van der Waals surface area contributed by atoms with E-state index in [0.29, 0.717) is 5.75 Å². The highest BCUT2D eigenvalue weighted by atomic mass is 32.2. The smallest absolute Gasteiger partial charge is 0.242 e. The number of ether oxygens (including phenoxy) is 1. The molecule has 2 rings (SSSR count). The zero-order chi connectivity index (χ0) is 27.1. The summed E-state index contributed by atoms with van der Waals surface area (Å²) in [5.41, 5.74) is 0.264. The Bertz CT molecular complexity index is 1150. The molecule has 8 nitrogen and oxygen atoms in total. The van der Waals surface area contributed by atoms with Gasteiger partial charge >= 0.3 is 0 Å². The van der Waals surface area contributed by atoms with Crippen molar-refractivity contribution in [3.05, 3.63) is 59.9 Å². The molecule has 10 heteroatoms. The maximum atomic E-state index is 14.3.